The average Bonchev–Trinajstić information content (AvgIpc) is 2.27. The number of nitro groups is 1. The largest absolute Gasteiger partial charge is 0.494 e. The van der Waals surface area contributed by atoms with Crippen LogP contribution in [0.15, 0.2) is 24.4 Å². The molecule has 0 saturated heterocycles. The first-order chi connectivity index (χ1) is 7.22. The van der Waals surface area contributed by atoms with Crippen LogP contribution in [-0.4, -0.2) is 22.2 Å². The summed E-state index contributed by atoms with van der Waals surface area (Å²) in [4.78, 5) is 10.1. The van der Waals surface area contributed by atoms with Gasteiger partial charge >= 0.3 is 0 Å². The van der Waals surface area contributed by atoms with E-state index in [2.05, 4.69) is 10.2 Å². The van der Waals surface area contributed by atoms with Gasteiger partial charge in [-0.3, -0.25) is 10.1 Å². The van der Waals surface area contributed by atoms with Gasteiger partial charge in [-0.05, 0) is 6.07 Å². The molecule has 0 amide bonds. The van der Waals surface area contributed by atoms with Gasteiger partial charge in [0.1, 0.15) is 5.75 Å². The number of hydrogen-bond acceptors (Lipinski definition) is 5. The van der Waals surface area contributed by atoms with E-state index in [0.717, 1.165) is 0 Å². The Kier molecular flexibility index (Phi) is 2.17. The molecule has 1 aromatic heterocycles. The van der Waals surface area contributed by atoms with Crippen LogP contribution < -0.4 is 4.74 Å². The summed E-state index contributed by atoms with van der Waals surface area (Å²) in [6.07, 6.45) is 1.42. The smallest absolute Gasteiger partial charge is 0.270 e. The maximum absolute atomic E-state index is 10.6. The summed E-state index contributed by atoms with van der Waals surface area (Å²) in [6.45, 7) is 0. The Morgan fingerprint density at radius 1 is 1.47 bits per heavy atom. The molecule has 76 valence electrons. The zero-order chi connectivity index (χ0) is 10.8. The van der Waals surface area contributed by atoms with Crippen molar-refractivity contribution < 1.29 is 9.66 Å². The lowest BCUT2D eigenvalue weighted by molar-refractivity contribution is -0.384. The van der Waals surface area contributed by atoms with E-state index in [0.29, 0.717) is 16.7 Å². The highest BCUT2D eigenvalue weighted by molar-refractivity contribution is 5.86. The fraction of sp³-hybridized carbons (Fsp3) is 0.111. The standard InChI is InChI=1S/C9H7N3O3/c1-15-9-5-10-11-8-3-2-6(12(13)14)4-7(8)9/h2-5H,1H3. The van der Waals surface area contributed by atoms with E-state index in [9.17, 15) is 10.1 Å². The van der Waals surface area contributed by atoms with Crippen LogP contribution in [0.5, 0.6) is 5.75 Å². The van der Waals surface area contributed by atoms with Gasteiger partial charge in [0, 0.05) is 12.1 Å². The molecule has 0 aliphatic rings. The number of aromatic nitrogens is 2. The number of hydrogen-bond donors (Lipinski definition) is 0. The lowest BCUT2D eigenvalue weighted by atomic mass is 10.2. The third-order valence-corrected chi connectivity index (χ3v) is 2.02. The highest BCUT2D eigenvalue weighted by Crippen LogP contribution is 2.26. The molecule has 0 atom stereocenters. The van der Waals surface area contributed by atoms with Gasteiger partial charge in [0.2, 0.25) is 0 Å². The molecule has 2 rings (SSSR count). The summed E-state index contributed by atoms with van der Waals surface area (Å²) in [5.74, 6) is 0.476. The van der Waals surface area contributed by atoms with Gasteiger partial charge in [0.05, 0.1) is 29.1 Å². The number of non-ortho nitro benzene ring substituents is 1. The van der Waals surface area contributed by atoms with E-state index >= 15 is 0 Å². The molecule has 1 aromatic carbocycles. The first kappa shape index (κ1) is 9.32. The number of nitro benzene ring substituents is 1. The lowest BCUT2D eigenvalue weighted by Crippen LogP contribution is -1.92. The number of benzene rings is 1. The quantitative estimate of drug-likeness (QED) is 0.549. The third-order valence-electron chi connectivity index (χ3n) is 2.02. The van der Waals surface area contributed by atoms with Crippen molar-refractivity contribution in [2.75, 3.05) is 7.11 Å². The van der Waals surface area contributed by atoms with Crippen molar-refractivity contribution in [2.45, 2.75) is 0 Å². The SMILES string of the molecule is COc1cnnc2ccc([N+](=O)[O-])cc12. The van der Waals surface area contributed by atoms with Crippen molar-refractivity contribution in [3.8, 4) is 5.75 Å². The Balaban J connectivity index is 2.72. The molecular weight excluding hydrogens is 198 g/mol. The lowest BCUT2D eigenvalue weighted by Gasteiger charge is -2.02. The molecule has 0 saturated carbocycles. The Morgan fingerprint density at radius 2 is 2.27 bits per heavy atom. The first-order valence-electron chi connectivity index (χ1n) is 4.16. The minimum absolute atomic E-state index is 0.00815. The van der Waals surface area contributed by atoms with Crippen molar-refractivity contribution in [1.29, 1.82) is 0 Å². The molecule has 0 fully saturated rings. The summed E-state index contributed by atoms with van der Waals surface area (Å²) < 4.78 is 5.04. The molecule has 1 heterocycles. The minimum atomic E-state index is -0.459. The fourth-order valence-electron chi connectivity index (χ4n) is 1.30. The molecule has 0 aliphatic heterocycles. The fourth-order valence-corrected chi connectivity index (χ4v) is 1.30. The summed E-state index contributed by atoms with van der Waals surface area (Å²) in [5, 5.41) is 18.7. The van der Waals surface area contributed by atoms with Gasteiger partial charge in [0.25, 0.3) is 5.69 Å². The van der Waals surface area contributed by atoms with E-state index in [1.54, 1.807) is 6.07 Å². The number of methoxy groups -OCH3 is 1. The van der Waals surface area contributed by atoms with Gasteiger partial charge in [-0.25, -0.2) is 0 Å². The van der Waals surface area contributed by atoms with Crippen LogP contribution in [0.3, 0.4) is 0 Å². The van der Waals surface area contributed by atoms with Crippen molar-refractivity contribution in [3.05, 3.63) is 34.5 Å². The third kappa shape index (κ3) is 1.56. The maximum atomic E-state index is 10.6. The average molecular weight is 205 g/mol. The molecule has 0 unspecified atom stereocenters. The van der Waals surface area contributed by atoms with Gasteiger partial charge < -0.3 is 4.74 Å². The predicted octanol–water partition coefficient (Wildman–Crippen LogP) is 1.55. The van der Waals surface area contributed by atoms with Gasteiger partial charge in [-0.15, -0.1) is 0 Å². The van der Waals surface area contributed by atoms with Crippen LogP contribution in [0.25, 0.3) is 10.9 Å². The molecule has 0 spiro atoms. The maximum Gasteiger partial charge on any atom is 0.270 e. The predicted molar refractivity (Wildman–Crippen MR) is 52.7 cm³/mol. The molecule has 0 aliphatic carbocycles. The Hall–Kier alpha value is -2.24. The van der Waals surface area contributed by atoms with Crippen LogP contribution in [0.1, 0.15) is 0 Å². The van der Waals surface area contributed by atoms with E-state index < -0.39 is 4.92 Å². The Bertz CT molecular complexity index is 527. The monoisotopic (exact) mass is 205 g/mol. The Labute approximate surface area is 84.7 Å². The molecule has 6 nitrogen and oxygen atoms in total. The van der Waals surface area contributed by atoms with E-state index in [-0.39, 0.29) is 5.69 Å². The van der Waals surface area contributed by atoms with Crippen LogP contribution in [0.4, 0.5) is 5.69 Å². The van der Waals surface area contributed by atoms with Crippen molar-refractivity contribution in [2.24, 2.45) is 0 Å². The topological polar surface area (TPSA) is 78.2 Å². The van der Waals surface area contributed by atoms with Crippen LogP contribution in [-0.2, 0) is 0 Å². The summed E-state index contributed by atoms with van der Waals surface area (Å²) in [5.41, 5.74) is 0.578. The number of rotatable bonds is 2. The molecule has 0 N–H and O–H groups in total. The second-order valence-electron chi connectivity index (χ2n) is 2.87. The molecule has 6 heteroatoms. The highest BCUT2D eigenvalue weighted by Gasteiger charge is 2.10. The second kappa shape index (κ2) is 3.49. The van der Waals surface area contributed by atoms with Crippen LogP contribution in [0.2, 0.25) is 0 Å². The van der Waals surface area contributed by atoms with Crippen molar-refractivity contribution in [3.63, 3.8) is 0 Å². The number of nitrogens with zero attached hydrogens (tertiary/aromatic N) is 3. The van der Waals surface area contributed by atoms with Crippen molar-refractivity contribution >= 4 is 16.6 Å². The van der Waals surface area contributed by atoms with Crippen molar-refractivity contribution in [1.82, 2.24) is 10.2 Å². The summed E-state index contributed by atoms with van der Waals surface area (Å²) in [6, 6.07) is 4.35. The number of fused-ring (bicyclic) bond motifs is 1. The first-order valence-corrected chi connectivity index (χ1v) is 4.16. The molecular formula is C9H7N3O3. The summed E-state index contributed by atoms with van der Waals surface area (Å²) in [7, 11) is 1.48. The number of ether oxygens (including phenoxy) is 1. The van der Waals surface area contributed by atoms with Gasteiger partial charge in [-0.1, -0.05) is 0 Å². The van der Waals surface area contributed by atoms with Crippen LogP contribution in [0, 0.1) is 10.1 Å². The van der Waals surface area contributed by atoms with Gasteiger partial charge in [0.15, 0.2) is 0 Å². The zero-order valence-electron chi connectivity index (χ0n) is 7.88. The minimum Gasteiger partial charge on any atom is -0.494 e. The second-order valence-corrected chi connectivity index (χ2v) is 2.87. The molecule has 0 radical (unpaired) electrons. The highest BCUT2D eigenvalue weighted by atomic mass is 16.6. The van der Waals surface area contributed by atoms with Gasteiger partial charge in [-0.2, -0.15) is 10.2 Å². The molecule has 0 bridgehead atoms. The molecule has 15 heavy (non-hydrogen) atoms. The van der Waals surface area contributed by atoms with Crippen LogP contribution >= 0.6 is 0 Å². The zero-order valence-corrected chi connectivity index (χ0v) is 7.88. The van der Waals surface area contributed by atoms with E-state index in [1.165, 1.54) is 25.4 Å². The summed E-state index contributed by atoms with van der Waals surface area (Å²) >= 11 is 0. The molecule has 2 aromatic rings. The van der Waals surface area contributed by atoms with E-state index in [4.69, 9.17) is 4.74 Å². The normalized spacial score (nSPS) is 10.2. The van der Waals surface area contributed by atoms with E-state index in [1.807, 2.05) is 0 Å². The Morgan fingerprint density at radius 3 is 2.93 bits per heavy atom.